The van der Waals surface area contributed by atoms with Crippen LogP contribution in [0, 0.1) is 0 Å². The van der Waals surface area contributed by atoms with Gasteiger partial charge in [0.2, 0.25) is 5.88 Å². The summed E-state index contributed by atoms with van der Waals surface area (Å²) in [6, 6.07) is 1.86. The number of halogens is 1. The third-order valence-corrected chi connectivity index (χ3v) is 2.62. The van der Waals surface area contributed by atoms with E-state index in [4.69, 9.17) is 25.8 Å². The first-order valence-electron chi connectivity index (χ1n) is 6.26. The normalized spacial score (nSPS) is 10.7. The number of nitrogens with zero attached hydrogens (tertiary/aromatic N) is 1. The maximum absolute atomic E-state index is 6.08. The Morgan fingerprint density at radius 1 is 1.26 bits per heavy atom. The molecule has 0 saturated carbocycles. The highest BCUT2D eigenvalue weighted by atomic mass is 35.5. The fourth-order valence-electron chi connectivity index (χ4n) is 1.45. The number of ether oxygens (including phenoxy) is 3. The van der Waals surface area contributed by atoms with Crippen molar-refractivity contribution >= 4 is 11.6 Å². The number of rotatable bonds is 10. The van der Waals surface area contributed by atoms with Gasteiger partial charge >= 0.3 is 0 Å². The standard InChI is InChI=1S/C13H21ClN2O3/c1-15-9-11-8-12(14)13(16-10-11)19-5-3-4-18-7-6-17-2/h8,10,15H,3-7,9H2,1-2H3. The molecule has 0 aromatic carbocycles. The molecule has 0 fully saturated rings. The number of hydrogen-bond donors (Lipinski definition) is 1. The zero-order chi connectivity index (χ0) is 13.9. The van der Waals surface area contributed by atoms with Crippen LogP contribution in [0.2, 0.25) is 5.02 Å². The van der Waals surface area contributed by atoms with Crippen LogP contribution in [0.3, 0.4) is 0 Å². The Morgan fingerprint density at radius 2 is 2.11 bits per heavy atom. The van der Waals surface area contributed by atoms with E-state index in [1.165, 1.54) is 0 Å². The minimum absolute atomic E-state index is 0.471. The van der Waals surface area contributed by atoms with Crippen molar-refractivity contribution in [1.29, 1.82) is 0 Å². The second-order valence-electron chi connectivity index (χ2n) is 3.97. The van der Waals surface area contributed by atoms with Crippen LogP contribution in [-0.2, 0) is 16.0 Å². The third kappa shape index (κ3) is 6.73. The Kier molecular flexibility index (Phi) is 8.49. The molecule has 5 nitrogen and oxygen atoms in total. The van der Waals surface area contributed by atoms with Crippen LogP contribution in [-0.4, -0.2) is 45.6 Å². The van der Waals surface area contributed by atoms with Crippen LogP contribution in [0.4, 0.5) is 0 Å². The van der Waals surface area contributed by atoms with E-state index < -0.39 is 0 Å². The van der Waals surface area contributed by atoms with E-state index in [0.717, 1.165) is 18.5 Å². The Bertz CT molecular complexity index is 364. The van der Waals surface area contributed by atoms with Crippen LogP contribution < -0.4 is 10.1 Å². The van der Waals surface area contributed by atoms with E-state index in [1.807, 2.05) is 13.1 Å². The molecule has 0 radical (unpaired) electrons. The van der Waals surface area contributed by atoms with Gasteiger partial charge in [-0.15, -0.1) is 0 Å². The molecule has 0 amide bonds. The molecule has 0 saturated heterocycles. The van der Waals surface area contributed by atoms with Gasteiger partial charge in [-0.2, -0.15) is 0 Å². The molecule has 0 spiro atoms. The molecule has 1 N–H and O–H groups in total. The lowest BCUT2D eigenvalue weighted by atomic mass is 10.3. The first kappa shape index (κ1) is 16.2. The molecular weight excluding hydrogens is 268 g/mol. The predicted molar refractivity (Wildman–Crippen MR) is 74.8 cm³/mol. The van der Waals surface area contributed by atoms with Gasteiger partial charge in [0.15, 0.2) is 0 Å². The highest BCUT2D eigenvalue weighted by Crippen LogP contribution is 2.22. The summed E-state index contributed by atoms with van der Waals surface area (Å²) in [5.74, 6) is 0.471. The van der Waals surface area contributed by atoms with Gasteiger partial charge in [0.25, 0.3) is 0 Å². The SMILES string of the molecule is CNCc1cnc(OCCCOCCOC)c(Cl)c1. The Morgan fingerprint density at radius 3 is 2.79 bits per heavy atom. The second-order valence-corrected chi connectivity index (χ2v) is 4.38. The lowest BCUT2D eigenvalue weighted by molar-refractivity contribution is 0.0642. The highest BCUT2D eigenvalue weighted by molar-refractivity contribution is 6.31. The molecule has 1 aromatic heterocycles. The number of hydrogen-bond acceptors (Lipinski definition) is 5. The maximum atomic E-state index is 6.08. The fraction of sp³-hybridized carbons (Fsp3) is 0.615. The zero-order valence-corrected chi connectivity index (χ0v) is 12.2. The number of pyridine rings is 1. The summed E-state index contributed by atoms with van der Waals surface area (Å²) in [5, 5.41) is 3.58. The Labute approximate surface area is 119 Å². The first-order chi connectivity index (χ1) is 9.27. The van der Waals surface area contributed by atoms with Gasteiger partial charge in [-0.25, -0.2) is 4.98 Å². The molecule has 19 heavy (non-hydrogen) atoms. The summed E-state index contributed by atoms with van der Waals surface area (Å²) in [6.45, 7) is 3.12. The monoisotopic (exact) mass is 288 g/mol. The van der Waals surface area contributed by atoms with Gasteiger partial charge in [0.05, 0.1) is 19.8 Å². The van der Waals surface area contributed by atoms with Crippen molar-refractivity contribution < 1.29 is 14.2 Å². The van der Waals surface area contributed by atoms with E-state index in [-0.39, 0.29) is 0 Å². The van der Waals surface area contributed by atoms with Gasteiger partial charge in [-0.1, -0.05) is 11.6 Å². The van der Waals surface area contributed by atoms with Crippen LogP contribution in [0.25, 0.3) is 0 Å². The quantitative estimate of drug-likeness (QED) is 0.666. The molecule has 0 aliphatic rings. The molecule has 1 heterocycles. The fourth-order valence-corrected chi connectivity index (χ4v) is 1.69. The van der Waals surface area contributed by atoms with Gasteiger partial charge in [0.1, 0.15) is 5.02 Å². The molecule has 0 bridgehead atoms. The van der Waals surface area contributed by atoms with Crippen molar-refractivity contribution in [1.82, 2.24) is 10.3 Å². The summed E-state index contributed by atoms with van der Waals surface area (Å²) in [6.07, 6.45) is 2.55. The average molecular weight is 289 g/mol. The summed E-state index contributed by atoms with van der Waals surface area (Å²) in [5.41, 5.74) is 1.03. The van der Waals surface area contributed by atoms with Crippen molar-refractivity contribution in [2.24, 2.45) is 0 Å². The second kappa shape index (κ2) is 9.97. The van der Waals surface area contributed by atoms with Crippen LogP contribution in [0.5, 0.6) is 5.88 Å². The van der Waals surface area contributed by atoms with Gasteiger partial charge < -0.3 is 19.5 Å². The topological polar surface area (TPSA) is 52.6 Å². The van der Waals surface area contributed by atoms with Gasteiger partial charge in [-0.3, -0.25) is 0 Å². The Balaban J connectivity index is 2.22. The molecule has 0 atom stereocenters. The molecule has 1 rings (SSSR count). The molecule has 0 unspecified atom stereocenters. The van der Waals surface area contributed by atoms with E-state index >= 15 is 0 Å². The molecule has 0 aliphatic carbocycles. The maximum Gasteiger partial charge on any atom is 0.232 e. The minimum Gasteiger partial charge on any atom is -0.477 e. The van der Waals surface area contributed by atoms with E-state index in [2.05, 4.69) is 10.3 Å². The molecule has 108 valence electrons. The molecular formula is C13H21ClN2O3. The van der Waals surface area contributed by atoms with Crippen molar-refractivity contribution in [2.75, 3.05) is 40.6 Å². The third-order valence-electron chi connectivity index (χ3n) is 2.35. The zero-order valence-electron chi connectivity index (χ0n) is 11.4. The van der Waals surface area contributed by atoms with E-state index in [9.17, 15) is 0 Å². The number of aromatic nitrogens is 1. The van der Waals surface area contributed by atoms with Crippen molar-refractivity contribution in [3.63, 3.8) is 0 Å². The molecule has 0 aliphatic heterocycles. The number of nitrogens with one attached hydrogen (secondary N) is 1. The van der Waals surface area contributed by atoms with Crippen molar-refractivity contribution in [3.8, 4) is 5.88 Å². The smallest absolute Gasteiger partial charge is 0.232 e. The van der Waals surface area contributed by atoms with E-state index in [0.29, 0.717) is 37.3 Å². The van der Waals surface area contributed by atoms with Crippen molar-refractivity contribution in [3.05, 3.63) is 22.8 Å². The lowest BCUT2D eigenvalue weighted by Gasteiger charge is -2.08. The van der Waals surface area contributed by atoms with Crippen LogP contribution >= 0.6 is 11.6 Å². The summed E-state index contributed by atoms with van der Waals surface area (Å²) in [7, 11) is 3.53. The Hall–Kier alpha value is -0.880. The van der Waals surface area contributed by atoms with Gasteiger partial charge in [0, 0.05) is 32.9 Å². The highest BCUT2D eigenvalue weighted by Gasteiger charge is 2.04. The van der Waals surface area contributed by atoms with E-state index in [1.54, 1.807) is 13.3 Å². The predicted octanol–water partition coefficient (Wildman–Crippen LogP) is 1.89. The molecule has 6 heteroatoms. The largest absolute Gasteiger partial charge is 0.477 e. The number of methoxy groups -OCH3 is 1. The lowest BCUT2D eigenvalue weighted by Crippen LogP contribution is -2.08. The summed E-state index contributed by atoms with van der Waals surface area (Å²) in [4.78, 5) is 4.19. The summed E-state index contributed by atoms with van der Waals surface area (Å²) < 4.78 is 15.7. The first-order valence-corrected chi connectivity index (χ1v) is 6.64. The van der Waals surface area contributed by atoms with Gasteiger partial charge in [-0.05, 0) is 18.7 Å². The molecule has 1 aromatic rings. The van der Waals surface area contributed by atoms with Crippen LogP contribution in [0.15, 0.2) is 12.3 Å². The van der Waals surface area contributed by atoms with Crippen molar-refractivity contribution in [2.45, 2.75) is 13.0 Å². The minimum atomic E-state index is 0.471. The summed E-state index contributed by atoms with van der Waals surface area (Å²) >= 11 is 6.08. The average Bonchev–Trinajstić information content (AvgIpc) is 2.40. The van der Waals surface area contributed by atoms with Crippen LogP contribution in [0.1, 0.15) is 12.0 Å².